The van der Waals surface area contributed by atoms with Gasteiger partial charge in [0.1, 0.15) is 5.75 Å². The lowest BCUT2D eigenvalue weighted by Crippen LogP contribution is -2.40. The maximum atomic E-state index is 12.5. The highest BCUT2D eigenvalue weighted by molar-refractivity contribution is 5.82. The molecule has 0 radical (unpaired) electrons. The van der Waals surface area contributed by atoms with Crippen molar-refractivity contribution in [2.75, 3.05) is 13.6 Å². The van der Waals surface area contributed by atoms with Gasteiger partial charge in [0.05, 0.1) is 5.69 Å². The molecule has 0 unspecified atom stereocenters. The fourth-order valence-electron chi connectivity index (χ4n) is 2.90. The first-order valence-electron chi connectivity index (χ1n) is 7.56. The molecule has 0 aliphatic carbocycles. The first-order chi connectivity index (χ1) is 10.6. The fourth-order valence-corrected chi connectivity index (χ4v) is 2.90. The molecular formula is C17H21N3O2. The lowest BCUT2D eigenvalue weighted by atomic mass is 10.1. The SMILES string of the molecule is Cc1n[nH]c(C)c1CCN(C)C(=O)[C@H]1Cc2ccccc2O1. The molecule has 2 heterocycles. The van der Waals surface area contributed by atoms with E-state index in [4.69, 9.17) is 4.74 Å². The summed E-state index contributed by atoms with van der Waals surface area (Å²) in [6.45, 7) is 4.65. The van der Waals surface area contributed by atoms with Crippen LogP contribution in [0, 0.1) is 13.8 Å². The minimum Gasteiger partial charge on any atom is -0.480 e. The number of nitrogens with one attached hydrogen (secondary N) is 1. The van der Waals surface area contributed by atoms with Gasteiger partial charge in [-0.25, -0.2) is 0 Å². The van der Waals surface area contributed by atoms with Gasteiger partial charge in [0, 0.05) is 25.7 Å². The molecule has 1 aromatic carbocycles. The summed E-state index contributed by atoms with van der Waals surface area (Å²) in [6, 6.07) is 7.84. The number of hydrogen-bond acceptors (Lipinski definition) is 3. The average Bonchev–Trinajstić information content (AvgIpc) is 3.08. The molecule has 0 fully saturated rings. The number of nitrogens with zero attached hydrogens (tertiary/aromatic N) is 2. The Morgan fingerprint density at radius 3 is 2.86 bits per heavy atom. The highest BCUT2D eigenvalue weighted by Crippen LogP contribution is 2.28. The van der Waals surface area contributed by atoms with Crippen molar-refractivity contribution in [3.05, 3.63) is 46.8 Å². The molecule has 1 atom stereocenters. The Balaban J connectivity index is 1.59. The van der Waals surface area contributed by atoms with Crippen LogP contribution in [0.4, 0.5) is 0 Å². The van der Waals surface area contributed by atoms with Crippen molar-refractivity contribution in [1.82, 2.24) is 15.1 Å². The molecule has 116 valence electrons. The van der Waals surface area contributed by atoms with E-state index in [0.29, 0.717) is 13.0 Å². The number of amides is 1. The number of carbonyl (C=O) groups excluding carboxylic acids is 1. The molecule has 5 nitrogen and oxygen atoms in total. The number of hydrogen-bond donors (Lipinski definition) is 1. The summed E-state index contributed by atoms with van der Waals surface area (Å²) < 4.78 is 5.76. The average molecular weight is 299 g/mol. The number of aromatic nitrogens is 2. The lowest BCUT2D eigenvalue weighted by Gasteiger charge is -2.20. The fraction of sp³-hybridized carbons (Fsp3) is 0.412. The standard InChI is InChI=1S/C17H21N3O2/c1-11-14(12(2)19-18-11)8-9-20(3)17(21)16-10-13-6-4-5-7-15(13)22-16/h4-7,16H,8-10H2,1-3H3,(H,18,19)/t16-/m1/s1. The molecule has 1 N–H and O–H groups in total. The minimum absolute atomic E-state index is 0.0370. The van der Waals surface area contributed by atoms with Crippen LogP contribution in [0.1, 0.15) is 22.5 Å². The molecule has 0 saturated heterocycles. The van der Waals surface area contributed by atoms with Gasteiger partial charge in [-0.1, -0.05) is 18.2 Å². The van der Waals surface area contributed by atoms with Crippen molar-refractivity contribution in [3.8, 4) is 5.75 Å². The van der Waals surface area contributed by atoms with E-state index in [-0.39, 0.29) is 5.91 Å². The van der Waals surface area contributed by atoms with Gasteiger partial charge in [-0.05, 0) is 37.5 Å². The maximum Gasteiger partial charge on any atom is 0.263 e. The summed E-state index contributed by atoms with van der Waals surface area (Å²) in [6.07, 6.45) is 1.06. The summed E-state index contributed by atoms with van der Waals surface area (Å²) in [7, 11) is 1.83. The lowest BCUT2D eigenvalue weighted by molar-refractivity contribution is -0.136. The van der Waals surface area contributed by atoms with Crippen LogP contribution in [0.25, 0.3) is 0 Å². The van der Waals surface area contributed by atoms with Crippen molar-refractivity contribution in [1.29, 1.82) is 0 Å². The van der Waals surface area contributed by atoms with Gasteiger partial charge < -0.3 is 9.64 Å². The molecule has 0 spiro atoms. The maximum absolute atomic E-state index is 12.5. The molecule has 1 aliphatic heterocycles. The number of rotatable bonds is 4. The van der Waals surface area contributed by atoms with E-state index in [1.165, 1.54) is 5.56 Å². The van der Waals surface area contributed by atoms with E-state index < -0.39 is 6.10 Å². The van der Waals surface area contributed by atoms with E-state index in [0.717, 1.165) is 29.1 Å². The molecule has 1 aromatic heterocycles. The Bertz CT molecular complexity index is 648. The smallest absolute Gasteiger partial charge is 0.263 e. The third kappa shape index (κ3) is 2.71. The van der Waals surface area contributed by atoms with Gasteiger partial charge in [-0.2, -0.15) is 5.10 Å². The van der Waals surface area contributed by atoms with E-state index in [2.05, 4.69) is 10.2 Å². The van der Waals surface area contributed by atoms with Crippen LogP contribution in [0.5, 0.6) is 5.75 Å². The summed E-state index contributed by atoms with van der Waals surface area (Å²) in [5.41, 5.74) is 4.37. The molecule has 2 aromatic rings. The normalized spacial score (nSPS) is 16.2. The second kappa shape index (κ2) is 5.83. The van der Waals surface area contributed by atoms with Crippen molar-refractivity contribution in [2.24, 2.45) is 0 Å². The number of aryl methyl sites for hydroxylation is 2. The van der Waals surface area contributed by atoms with Crippen LogP contribution in [0.2, 0.25) is 0 Å². The van der Waals surface area contributed by atoms with Crippen molar-refractivity contribution in [3.63, 3.8) is 0 Å². The third-order valence-electron chi connectivity index (χ3n) is 4.28. The summed E-state index contributed by atoms with van der Waals surface area (Å²) in [4.78, 5) is 14.3. The van der Waals surface area contributed by atoms with Gasteiger partial charge in [-0.15, -0.1) is 0 Å². The molecule has 0 saturated carbocycles. The first-order valence-corrected chi connectivity index (χ1v) is 7.56. The van der Waals surface area contributed by atoms with Gasteiger partial charge in [0.25, 0.3) is 5.91 Å². The van der Waals surface area contributed by atoms with E-state index in [1.807, 2.05) is 45.2 Å². The van der Waals surface area contributed by atoms with E-state index >= 15 is 0 Å². The van der Waals surface area contributed by atoms with Crippen LogP contribution in [0.3, 0.4) is 0 Å². The van der Waals surface area contributed by atoms with Crippen molar-refractivity contribution < 1.29 is 9.53 Å². The van der Waals surface area contributed by atoms with Gasteiger partial charge in [-0.3, -0.25) is 9.89 Å². The zero-order chi connectivity index (χ0) is 15.7. The van der Waals surface area contributed by atoms with Crippen molar-refractivity contribution >= 4 is 5.91 Å². The van der Waals surface area contributed by atoms with Crippen LogP contribution >= 0.6 is 0 Å². The van der Waals surface area contributed by atoms with E-state index in [9.17, 15) is 4.79 Å². The van der Waals surface area contributed by atoms with Crippen LogP contribution in [-0.4, -0.2) is 40.7 Å². The Hall–Kier alpha value is -2.30. The van der Waals surface area contributed by atoms with Gasteiger partial charge >= 0.3 is 0 Å². The highest BCUT2D eigenvalue weighted by atomic mass is 16.5. The number of benzene rings is 1. The van der Waals surface area contributed by atoms with Crippen LogP contribution in [-0.2, 0) is 17.6 Å². The largest absolute Gasteiger partial charge is 0.480 e. The summed E-state index contributed by atoms with van der Waals surface area (Å²) in [5.74, 6) is 0.866. The van der Waals surface area contributed by atoms with Gasteiger partial charge in [0.15, 0.2) is 6.10 Å². The predicted molar refractivity (Wildman–Crippen MR) is 84.0 cm³/mol. The highest BCUT2D eigenvalue weighted by Gasteiger charge is 2.30. The summed E-state index contributed by atoms with van der Waals surface area (Å²) in [5, 5.41) is 7.17. The quantitative estimate of drug-likeness (QED) is 0.940. The zero-order valence-electron chi connectivity index (χ0n) is 13.2. The van der Waals surface area contributed by atoms with E-state index in [1.54, 1.807) is 4.90 Å². The first kappa shape index (κ1) is 14.6. The molecule has 3 rings (SSSR count). The molecule has 22 heavy (non-hydrogen) atoms. The number of carbonyl (C=O) groups is 1. The Morgan fingerprint density at radius 2 is 2.18 bits per heavy atom. The van der Waals surface area contributed by atoms with Crippen LogP contribution < -0.4 is 4.74 Å². The van der Waals surface area contributed by atoms with Gasteiger partial charge in [0.2, 0.25) is 0 Å². The molecule has 5 heteroatoms. The Labute approximate surface area is 130 Å². The minimum atomic E-state index is -0.394. The number of fused-ring (bicyclic) bond motifs is 1. The second-order valence-corrected chi connectivity index (χ2v) is 5.84. The molecule has 1 aliphatic rings. The second-order valence-electron chi connectivity index (χ2n) is 5.84. The third-order valence-corrected chi connectivity index (χ3v) is 4.28. The number of aromatic amines is 1. The zero-order valence-corrected chi connectivity index (χ0v) is 13.2. The van der Waals surface area contributed by atoms with Crippen LogP contribution in [0.15, 0.2) is 24.3 Å². The number of para-hydroxylation sites is 1. The molecule has 0 bridgehead atoms. The molecule has 1 amide bonds. The number of ether oxygens (including phenoxy) is 1. The number of H-pyrrole nitrogens is 1. The topological polar surface area (TPSA) is 58.2 Å². The monoisotopic (exact) mass is 299 g/mol. The Kier molecular flexibility index (Phi) is 3.88. The number of likely N-dealkylation sites (N-methyl/N-ethyl adjacent to an activating group) is 1. The van der Waals surface area contributed by atoms with Crippen molar-refractivity contribution in [2.45, 2.75) is 32.8 Å². The predicted octanol–water partition coefficient (Wildman–Crippen LogP) is 2.03. The molecular weight excluding hydrogens is 278 g/mol. The Morgan fingerprint density at radius 1 is 1.41 bits per heavy atom. The summed E-state index contributed by atoms with van der Waals surface area (Å²) >= 11 is 0.